The van der Waals surface area contributed by atoms with Gasteiger partial charge in [-0.2, -0.15) is 0 Å². The van der Waals surface area contributed by atoms with Crippen molar-refractivity contribution in [3.63, 3.8) is 0 Å². The third kappa shape index (κ3) is 21.5. The van der Waals surface area contributed by atoms with Crippen LogP contribution in [-0.4, -0.2) is 124 Å². The Morgan fingerprint density at radius 3 is 1.16 bits per heavy atom. The average Bonchev–Trinajstić information content (AvgIpc) is 2.80. The normalized spacial score (nSPS) is 15.0. The lowest BCUT2D eigenvalue weighted by molar-refractivity contribution is -0.0312. The molecule has 1 aliphatic rings. The molecule has 0 amide bonds. The van der Waals surface area contributed by atoms with Gasteiger partial charge in [-0.1, -0.05) is 0 Å². The molecule has 0 aromatic carbocycles. The number of halogens is 1. The van der Waals surface area contributed by atoms with E-state index in [0.717, 1.165) is 25.9 Å². The van der Waals surface area contributed by atoms with E-state index >= 15 is 0 Å². The van der Waals surface area contributed by atoms with E-state index in [1.165, 1.54) is 0 Å². The van der Waals surface area contributed by atoms with Crippen molar-refractivity contribution >= 4 is 11.6 Å². The Kier molecular flexibility index (Phi) is 23.0. The van der Waals surface area contributed by atoms with Crippen molar-refractivity contribution in [2.75, 3.05) is 118 Å². The van der Waals surface area contributed by atoms with Crippen molar-refractivity contribution in [2.45, 2.75) is 18.9 Å². The van der Waals surface area contributed by atoms with E-state index in [-0.39, 0.29) is 0 Å². The van der Waals surface area contributed by atoms with Crippen LogP contribution in [0.4, 0.5) is 0 Å². The molecule has 0 unspecified atom stereocenters. The molecule has 0 aromatic heterocycles. The third-order valence-corrected chi connectivity index (χ3v) is 4.48. The van der Waals surface area contributed by atoms with Crippen molar-refractivity contribution < 1.29 is 37.9 Å². The molecular weight excluding hydrogens is 430 g/mol. The number of hydrogen-bond donors (Lipinski definition) is 1. The predicted octanol–water partition coefficient (Wildman–Crippen LogP) is 1.11. The first kappa shape index (κ1) is 29.0. The number of alkyl halides is 1. The molecule has 1 rings (SSSR count). The molecule has 0 radical (unpaired) electrons. The Hall–Kier alpha value is -0.0700. The van der Waals surface area contributed by atoms with Crippen LogP contribution < -0.4 is 5.32 Å². The Balaban J connectivity index is 1.62. The minimum Gasteiger partial charge on any atom is -0.378 e. The minimum atomic E-state index is 0.381. The van der Waals surface area contributed by atoms with Gasteiger partial charge in [0.15, 0.2) is 0 Å². The Bertz CT molecular complexity index is 351. The fraction of sp³-hybridized carbons (Fsp3) is 1.00. The van der Waals surface area contributed by atoms with Gasteiger partial charge < -0.3 is 43.2 Å². The molecule has 1 aliphatic heterocycles. The van der Waals surface area contributed by atoms with E-state index in [2.05, 4.69) is 5.32 Å². The second-order valence-corrected chi connectivity index (χ2v) is 7.17. The second kappa shape index (κ2) is 24.6. The molecule has 1 N–H and O–H groups in total. The first-order chi connectivity index (χ1) is 15.4. The van der Waals surface area contributed by atoms with Gasteiger partial charge in [0.25, 0.3) is 0 Å². The van der Waals surface area contributed by atoms with Gasteiger partial charge in [0.05, 0.1) is 105 Å². The van der Waals surface area contributed by atoms with Gasteiger partial charge >= 0.3 is 0 Å². The van der Waals surface area contributed by atoms with E-state index in [9.17, 15) is 0 Å². The van der Waals surface area contributed by atoms with E-state index in [1.807, 2.05) is 0 Å². The Labute approximate surface area is 192 Å². The van der Waals surface area contributed by atoms with Gasteiger partial charge in [-0.3, -0.25) is 0 Å². The zero-order valence-electron chi connectivity index (χ0n) is 18.9. The van der Waals surface area contributed by atoms with Crippen LogP contribution in [-0.2, 0) is 37.9 Å². The van der Waals surface area contributed by atoms with Gasteiger partial charge in [0.1, 0.15) is 0 Å². The van der Waals surface area contributed by atoms with Crippen LogP contribution in [0, 0.1) is 0 Å². The highest BCUT2D eigenvalue weighted by Gasteiger charge is 2.12. The molecular formula is C21H42ClNO8. The summed E-state index contributed by atoms with van der Waals surface area (Å²) in [4.78, 5) is 0. The summed E-state index contributed by atoms with van der Waals surface area (Å²) < 4.78 is 43.6. The van der Waals surface area contributed by atoms with Crippen molar-refractivity contribution in [3.05, 3.63) is 0 Å². The summed E-state index contributed by atoms with van der Waals surface area (Å²) in [6.07, 6.45) is 2.56. The zero-order valence-corrected chi connectivity index (χ0v) is 19.6. The largest absolute Gasteiger partial charge is 0.378 e. The number of hydrogen-bond acceptors (Lipinski definition) is 9. The molecule has 186 valence electrons. The van der Waals surface area contributed by atoms with Gasteiger partial charge in [0.2, 0.25) is 0 Å². The molecule has 0 saturated carbocycles. The maximum atomic E-state index is 5.77. The maximum absolute atomic E-state index is 5.77. The molecule has 1 saturated heterocycles. The molecule has 10 heteroatoms. The molecule has 0 bridgehead atoms. The van der Waals surface area contributed by atoms with Crippen LogP contribution in [0.15, 0.2) is 0 Å². The Morgan fingerprint density at radius 1 is 0.484 bits per heavy atom. The van der Waals surface area contributed by atoms with E-state index in [4.69, 9.17) is 49.5 Å². The second-order valence-electron chi connectivity index (χ2n) is 6.80. The molecule has 1 fully saturated rings. The summed E-state index contributed by atoms with van der Waals surface area (Å²) >= 11 is 5.49. The fourth-order valence-corrected chi connectivity index (χ4v) is 2.82. The quantitative estimate of drug-likeness (QED) is 0.164. The van der Waals surface area contributed by atoms with E-state index in [0.29, 0.717) is 111 Å². The molecule has 0 aliphatic carbocycles. The summed E-state index contributed by atoms with van der Waals surface area (Å²) in [5.41, 5.74) is 0. The van der Waals surface area contributed by atoms with Gasteiger partial charge in [-0.15, -0.1) is 11.6 Å². The van der Waals surface area contributed by atoms with Crippen molar-refractivity contribution in [2.24, 2.45) is 0 Å². The lowest BCUT2D eigenvalue weighted by Gasteiger charge is -2.22. The molecule has 9 nitrogen and oxygen atoms in total. The van der Waals surface area contributed by atoms with Crippen molar-refractivity contribution in [1.29, 1.82) is 0 Å². The summed E-state index contributed by atoms with van der Waals surface area (Å²) in [5.74, 6) is 0.507. The molecule has 0 spiro atoms. The first-order valence-electron chi connectivity index (χ1n) is 11.4. The lowest BCUT2D eigenvalue weighted by atomic mass is 10.1. The van der Waals surface area contributed by atoms with Crippen LogP contribution in [0.3, 0.4) is 0 Å². The average molecular weight is 472 g/mol. The van der Waals surface area contributed by atoms with Crippen molar-refractivity contribution in [1.82, 2.24) is 5.32 Å². The smallest absolute Gasteiger partial charge is 0.0704 e. The highest BCUT2D eigenvalue weighted by atomic mass is 35.5. The standard InChI is InChI=1S/C21H42ClNO8/c22-3-6-24-7-8-25-9-10-26-11-12-27-13-14-28-15-16-29-17-18-30-19-20-31-21-1-4-23-5-2-21/h21,23H,1-20H2. The van der Waals surface area contributed by atoms with E-state index in [1.54, 1.807) is 0 Å². The molecule has 0 atom stereocenters. The molecule has 1 heterocycles. The lowest BCUT2D eigenvalue weighted by Crippen LogP contribution is -2.33. The fourth-order valence-electron chi connectivity index (χ4n) is 2.71. The highest BCUT2D eigenvalue weighted by Crippen LogP contribution is 2.06. The third-order valence-electron chi connectivity index (χ3n) is 4.32. The number of nitrogens with one attached hydrogen (secondary N) is 1. The topological polar surface area (TPSA) is 85.9 Å². The summed E-state index contributed by atoms with van der Waals surface area (Å²) in [5, 5.41) is 3.32. The molecule has 31 heavy (non-hydrogen) atoms. The van der Waals surface area contributed by atoms with Gasteiger partial charge in [-0.25, -0.2) is 0 Å². The van der Waals surface area contributed by atoms with Crippen molar-refractivity contribution in [3.8, 4) is 0 Å². The minimum absolute atomic E-state index is 0.381. The first-order valence-corrected chi connectivity index (χ1v) is 11.9. The van der Waals surface area contributed by atoms with Gasteiger partial charge in [-0.05, 0) is 25.9 Å². The summed E-state index contributed by atoms with van der Waals surface area (Å²) in [6.45, 7) is 10.5. The van der Waals surface area contributed by atoms with Crippen LogP contribution in [0.25, 0.3) is 0 Å². The molecule has 0 aromatic rings. The maximum Gasteiger partial charge on any atom is 0.0704 e. The van der Waals surface area contributed by atoms with Gasteiger partial charge in [0, 0.05) is 5.88 Å². The Morgan fingerprint density at radius 2 is 0.806 bits per heavy atom. The number of ether oxygens (including phenoxy) is 8. The highest BCUT2D eigenvalue weighted by molar-refractivity contribution is 6.17. The zero-order chi connectivity index (χ0) is 22.1. The number of piperidine rings is 1. The predicted molar refractivity (Wildman–Crippen MR) is 118 cm³/mol. The summed E-state index contributed by atoms with van der Waals surface area (Å²) in [6, 6.07) is 0. The van der Waals surface area contributed by atoms with Crippen LogP contribution in [0.5, 0.6) is 0 Å². The number of rotatable bonds is 24. The van der Waals surface area contributed by atoms with Crippen LogP contribution >= 0.6 is 11.6 Å². The SMILES string of the molecule is ClCCOCCOCCOCCOCCOCCOCCOCCOC1CCNCC1. The summed E-state index contributed by atoms with van der Waals surface area (Å²) in [7, 11) is 0. The monoisotopic (exact) mass is 471 g/mol. The van der Waals surface area contributed by atoms with Crippen LogP contribution in [0.1, 0.15) is 12.8 Å². The van der Waals surface area contributed by atoms with Crippen LogP contribution in [0.2, 0.25) is 0 Å². The van der Waals surface area contributed by atoms with E-state index < -0.39 is 0 Å².